The average Bonchev–Trinajstić information content (AvgIpc) is 2.55. The second-order valence-corrected chi connectivity index (χ2v) is 4.28. The van der Waals surface area contributed by atoms with E-state index in [1.54, 1.807) is 37.3 Å². The Morgan fingerprint density at radius 1 is 1.00 bits per heavy atom. The molecule has 0 aliphatic heterocycles. The minimum absolute atomic E-state index is 0.253. The molecule has 2 aromatic carbocycles. The van der Waals surface area contributed by atoms with Crippen LogP contribution in [0.5, 0.6) is 11.5 Å². The van der Waals surface area contributed by atoms with Gasteiger partial charge in [-0.25, -0.2) is 4.79 Å². The van der Waals surface area contributed by atoms with Crippen molar-refractivity contribution in [2.24, 2.45) is 0 Å². The van der Waals surface area contributed by atoms with Crippen molar-refractivity contribution in [3.05, 3.63) is 59.2 Å². The van der Waals surface area contributed by atoms with Crippen molar-refractivity contribution in [3.8, 4) is 23.6 Å². The Morgan fingerprint density at radius 3 is 2.23 bits per heavy atom. The van der Waals surface area contributed by atoms with Gasteiger partial charge in [-0.3, -0.25) is 0 Å². The summed E-state index contributed by atoms with van der Waals surface area (Å²) in [6.07, 6.45) is 0. The molecule has 5 nitrogen and oxygen atoms in total. The van der Waals surface area contributed by atoms with E-state index in [0.717, 1.165) is 0 Å². The van der Waals surface area contributed by atoms with Crippen molar-refractivity contribution in [1.29, 1.82) is 10.5 Å². The van der Waals surface area contributed by atoms with Gasteiger partial charge in [-0.15, -0.1) is 0 Å². The Balaban J connectivity index is 2.16. The van der Waals surface area contributed by atoms with Crippen LogP contribution in [0, 0.1) is 22.7 Å². The van der Waals surface area contributed by atoms with E-state index in [4.69, 9.17) is 20.0 Å². The number of nitrogens with zero attached hydrogens (tertiary/aromatic N) is 2. The Kier molecular flexibility index (Phi) is 4.74. The molecule has 0 saturated heterocycles. The van der Waals surface area contributed by atoms with E-state index in [1.165, 1.54) is 12.1 Å². The molecular formula is C17H12N2O3. The number of nitriles is 2. The first-order valence-corrected chi connectivity index (χ1v) is 6.57. The third-order valence-corrected chi connectivity index (χ3v) is 2.83. The second kappa shape index (κ2) is 6.92. The summed E-state index contributed by atoms with van der Waals surface area (Å²) >= 11 is 0. The quantitative estimate of drug-likeness (QED) is 0.806. The molecule has 0 heterocycles. The van der Waals surface area contributed by atoms with Crippen molar-refractivity contribution in [3.63, 3.8) is 0 Å². The summed E-state index contributed by atoms with van der Waals surface area (Å²) in [6, 6.07) is 15.0. The van der Waals surface area contributed by atoms with Gasteiger partial charge in [-0.1, -0.05) is 0 Å². The molecule has 0 N–H and O–H groups in total. The molecule has 0 aromatic heterocycles. The molecule has 0 unspecified atom stereocenters. The highest BCUT2D eigenvalue weighted by Crippen LogP contribution is 2.24. The molecule has 0 radical (unpaired) electrons. The lowest BCUT2D eigenvalue weighted by Gasteiger charge is -2.07. The highest BCUT2D eigenvalue weighted by Gasteiger charge is 2.07. The van der Waals surface area contributed by atoms with Crippen LogP contribution < -0.4 is 4.74 Å². The summed E-state index contributed by atoms with van der Waals surface area (Å²) < 4.78 is 10.5. The number of carbonyl (C=O) groups is 1. The number of esters is 1. The number of rotatable bonds is 4. The van der Waals surface area contributed by atoms with Crippen LogP contribution in [-0.4, -0.2) is 12.6 Å². The zero-order valence-electron chi connectivity index (χ0n) is 11.9. The van der Waals surface area contributed by atoms with Crippen LogP contribution in [0.25, 0.3) is 0 Å². The van der Waals surface area contributed by atoms with Crippen LogP contribution in [0.15, 0.2) is 42.5 Å². The molecule has 108 valence electrons. The third-order valence-electron chi connectivity index (χ3n) is 2.83. The van der Waals surface area contributed by atoms with Crippen molar-refractivity contribution < 1.29 is 14.3 Å². The molecule has 0 atom stereocenters. The third kappa shape index (κ3) is 3.41. The van der Waals surface area contributed by atoms with Gasteiger partial charge in [-0.2, -0.15) is 10.5 Å². The Bertz CT molecular complexity index is 768. The van der Waals surface area contributed by atoms with Gasteiger partial charge in [0, 0.05) is 0 Å². The summed E-state index contributed by atoms with van der Waals surface area (Å²) in [4.78, 5) is 11.5. The summed E-state index contributed by atoms with van der Waals surface area (Å²) in [6.45, 7) is 2.06. The van der Waals surface area contributed by atoms with Crippen LogP contribution in [-0.2, 0) is 4.74 Å². The molecule has 2 aromatic rings. The number of benzene rings is 2. The standard InChI is InChI=1S/C17H12N2O3/c1-2-21-17(20)12-3-6-15(7-4-12)22-16-8-5-13(10-18)14(9-16)11-19/h3-9H,2H2,1H3. The number of ether oxygens (including phenoxy) is 2. The van der Waals surface area contributed by atoms with E-state index >= 15 is 0 Å². The zero-order valence-corrected chi connectivity index (χ0v) is 11.9. The fraction of sp³-hybridized carbons (Fsp3) is 0.118. The predicted octanol–water partition coefficient (Wildman–Crippen LogP) is 3.40. The van der Waals surface area contributed by atoms with Crippen molar-refractivity contribution >= 4 is 5.97 Å². The van der Waals surface area contributed by atoms with Crippen LogP contribution >= 0.6 is 0 Å². The van der Waals surface area contributed by atoms with Gasteiger partial charge in [0.1, 0.15) is 23.6 Å². The number of hydrogen-bond acceptors (Lipinski definition) is 5. The summed E-state index contributed by atoms with van der Waals surface area (Å²) in [5, 5.41) is 17.9. The first-order valence-electron chi connectivity index (χ1n) is 6.57. The maximum atomic E-state index is 11.5. The van der Waals surface area contributed by atoms with Gasteiger partial charge in [0.25, 0.3) is 0 Å². The van der Waals surface area contributed by atoms with Crippen LogP contribution in [0.1, 0.15) is 28.4 Å². The highest BCUT2D eigenvalue weighted by atomic mass is 16.5. The van der Waals surface area contributed by atoms with E-state index in [0.29, 0.717) is 29.2 Å². The van der Waals surface area contributed by atoms with Crippen LogP contribution in [0.4, 0.5) is 0 Å². The van der Waals surface area contributed by atoms with Gasteiger partial charge in [0.15, 0.2) is 0 Å². The number of hydrogen-bond donors (Lipinski definition) is 0. The fourth-order valence-electron chi connectivity index (χ4n) is 1.79. The summed E-state index contributed by atoms with van der Waals surface area (Å²) in [5.74, 6) is 0.570. The van der Waals surface area contributed by atoms with Gasteiger partial charge in [0.05, 0.1) is 23.3 Å². The first kappa shape index (κ1) is 15.1. The molecule has 0 spiro atoms. The highest BCUT2D eigenvalue weighted by molar-refractivity contribution is 5.89. The molecule has 22 heavy (non-hydrogen) atoms. The zero-order chi connectivity index (χ0) is 15.9. The van der Waals surface area contributed by atoms with Crippen LogP contribution in [0.3, 0.4) is 0 Å². The van der Waals surface area contributed by atoms with Gasteiger partial charge < -0.3 is 9.47 Å². The Hall–Kier alpha value is -3.31. The molecule has 0 amide bonds. The van der Waals surface area contributed by atoms with Gasteiger partial charge >= 0.3 is 5.97 Å². The second-order valence-electron chi connectivity index (χ2n) is 4.28. The SMILES string of the molecule is CCOC(=O)c1ccc(Oc2ccc(C#N)c(C#N)c2)cc1. The largest absolute Gasteiger partial charge is 0.462 e. The van der Waals surface area contributed by atoms with E-state index in [9.17, 15) is 4.79 Å². The molecule has 0 saturated carbocycles. The van der Waals surface area contributed by atoms with E-state index in [2.05, 4.69) is 0 Å². The molecule has 2 rings (SSSR count). The van der Waals surface area contributed by atoms with Crippen molar-refractivity contribution in [1.82, 2.24) is 0 Å². The fourth-order valence-corrected chi connectivity index (χ4v) is 1.79. The molecule has 0 fully saturated rings. The van der Waals surface area contributed by atoms with Crippen molar-refractivity contribution in [2.75, 3.05) is 6.61 Å². The molecule has 0 aliphatic rings. The predicted molar refractivity (Wildman–Crippen MR) is 78.3 cm³/mol. The van der Waals surface area contributed by atoms with Gasteiger partial charge in [-0.05, 0) is 49.4 Å². The van der Waals surface area contributed by atoms with Crippen LogP contribution in [0.2, 0.25) is 0 Å². The number of carbonyl (C=O) groups excluding carboxylic acids is 1. The molecule has 0 aliphatic carbocycles. The van der Waals surface area contributed by atoms with E-state index in [-0.39, 0.29) is 11.5 Å². The first-order chi connectivity index (χ1) is 10.7. The topological polar surface area (TPSA) is 83.1 Å². The molecular weight excluding hydrogens is 280 g/mol. The Labute approximate surface area is 127 Å². The normalized spacial score (nSPS) is 9.41. The van der Waals surface area contributed by atoms with E-state index < -0.39 is 0 Å². The lowest BCUT2D eigenvalue weighted by molar-refractivity contribution is 0.0526. The van der Waals surface area contributed by atoms with E-state index in [1.807, 2.05) is 12.1 Å². The Morgan fingerprint density at radius 2 is 1.64 bits per heavy atom. The molecule has 0 bridgehead atoms. The maximum absolute atomic E-state index is 11.5. The lowest BCUT2D eigenvalue weighted by Crippen LogP contribution is -2.04. The summed E-state index contributed by atoms with van der Waals surface area (Å²) in [5.41, 5.74) is 0.988. The monoisotopic (exact) mass is 292 g/mol. The van der Waals surface area contributed by atoms with Gasteiger partial charge in [0.2, 0.25) is 0 Å². The molecule has 5 heteroatoms. The maximum Gasteiger partial charge on any atom is 0.338 e. The lowest BCUT2D eigenvalue weighted by atomic mass is 10.1. The summed E-state index contributed by atoms with van der Waals surface area (Å²) in [7, 11) is 0. The van der Waals surface area contributed by atoms with Crippen molar-refractivity contribution in [2.45, 2.75) is 6.92 Å². The minimum atomic E-state index is -0.390. The smallest absolute Gasteiger partial charge is 0.338 e. The minimum Gasteiger partial charge on any atom is -0.462 e. The average molecular weight is 292 g/mol.